The molecule has 0 radical (unpaired) electrons. The minimum atomic E-state index is -4.10. The summed E-state index contributed by atoms with van der Waals surface area (Å²) < 4.78 is 101. The maximum absolute atomic E-state index is 14.9. The Morgan fingerprint density at radius 2 is 1.29 bits per heavy atom. The molecule has 0 amide bonds. The third-order valence-corrected chi connectivity index (χ3v) is 5.77. The average molecular weight is 530 g/mol. The Hall–Kier alpha value is -4.07. The second-order valence-corrected chi connectivity index (χ2v) is 8.58. The third kappa shape index (κ3) is 6.25. The SMILES string of the molecule is CCCc1ccc(-c2ccc(-c3ccc(C=CC(F)(F)Oc4cc(F)c(F)c(F)c4)c(F)c3)c(F)c2)cc1. The van der Waals surface area contributed by atoms with Gasteiger partial charge in [0.05, 0.1) is 0 Å². The average Bonchev–Trinajstić information content (AvgIpc) is 2.87. The van der Waals surface area contributed by atoms with Gasteiger partial charge in [-0.05, 0) is 46.9 Å². The molecule has 0 atom stereocenters. The maximum atomic E-state index is 14.9. The van der Waals surface area contributed by atoms with Crippen molar-refractivity contribution in [2.45, 2.75) is 25.9 Å². The molecular weight excluding hydrogens is 509 g/mol. The maximum Gasteiger partial charge on any atom is 0.419 e. The molecule has 8 heteroatoms. The highest BCUT2D eigenvalue weighted by Gasteiger charge is 2.29. The second-order valence-electron chi connectivity index (χ2n) is 8.58. The highest BCUT2D eigenvalue weighted by atomic mass is 19.3. The van der Waals surface area contributed by atoms with Crippen LogP contribution in [0.5, 0.6) is 5.75 Å². The van der Waals surface area contributed by atoms with E-state index in [0.717, 1.165) is 24.5 Å². The van der Waals surface area contributed by atoms with E-state index in [9.17, 15) is 30.7 Å². The van der Waals surface area contributed by atoms with Gasteiger partial charge in [-0.3, -0.25) is 0 Å². The van der Waals surface area contributed by atoms with Gasteiger partial charge in [-0.25, -0.2) is 22.0 Å². The molecule has 0 fully saturated rings. The molecule has 0 saturated carbocycles. The van der Waals surface area contributed by atoms with Crippen molar-refractivity contribution in [2.24, 2.45) is 0 Å². The predicted molar refractivity (Wildman–Crippen MR) is 132 cm³/mol. The molecular formula is C30H21F7O. The lowest BCUT2D eigenvalue weighted by molar-refractivity contribution is -0.131. The Morgan fingerprint density at radius 1 is 0.684 bits per heavy atom. The summed E-state index contributed by atoms with van der Waals surface area (Å²) in [5.74, 6) is -7.68. The molecule has 0 bridgehead atoms. The highest BCUT2D eigenvalue weighted by molar-refractivity contribution is 5.72. The summed E-state index contributed by atoms with van der Waals surface area (Å²) in [6, 6.07) is 16.4. The van der Waals surface area contributed by atoms with Crippen molar-refractivity contribution in [2.75, 3.05) is 0 Å². The molecule has 0 unspecified atom stereocenters. The highest BCUT2D eigenvalue weighted by Crippen LogP contribution is 2.31. The number of hydrogen-bond donors (Lipinski definition) is 0. The number of rotatable bonds is 8. The smallest absolute Gasteiger partial charge is 0.419 e. The zero-order valence-electron chi connectivity index (χ0n) is 20.1. The van der Waals surface area contributed by atoms with Crippen LogP contribution < -0.4 is 4.74 Å². The van der Waals surface area contributed by atoms with E-state index in [2.05, 4.69) is 11.7 Å². The molecule has 4 rings (SSSR count). The monoisotopic (exact) mass is 530 g/mol. The van der Waals surface area contributed by atoms with Crippen LogP contribution in [0.4, 0.5) is 30.7 Å². The number of alkyl halides is 2. The van der Waals surface area contributed by atoms with Gasteiger partial charge in [-0.1, -0.05) is 61.9 Å². The molecule has 196 valence electrons. The largest absolute Gasteiger partial charge is 0.429 e. The standard InChI is InChI=1S/C30H21F7O/c1-2-3-18-4-6-19(7-5-18)21-10-11-24(26(32)14-21)22-9-8-20(25(31)15-22)12-13-30(36,37)38-23-16-27(33)29(35)28(34)17-23/h4-17H,2-3H2,1H3. The number of hydrogen-bond acceptors (Lipinski definition) is 1. The van der Waals surface area contributed by atoms with Gasteiger partial charge in [-0.2, -0.15) is 8.78 Å². The lowest BCUT2D eigenvalue weighted by Crippen LogP contribution is -2.21. The van der Waals surface area contributed by atoms with Crippen LogP contribution in [0.15, 0.2) is 78.9 Å². The first-order chi connectivity index (χ1) is 18.1. The molecule has 0 spiro atoms. The zero-order valence-corrected chi connectivity index (χ0v) is 20.1. The first-order valence-corrected chi connectivity index (χ1v) is 11.7. The first kappa shape index (κ1) is 27.0. The van der Waals surface area contributed by atoms with E-state index in [1.165, 1.54) is 29.8 Å². The van der Waals surface area contributed by atoms with Gasteiger partial charge in [0.1, 0.15) is 17.4 Å². The molecule has 4 aromatic carbocycles. The molecule has 38 heavy (non-hydrogen) atoms. The van der Waals surface area contributed by atoms with Crippen LogP contribution in [-0.2, 0) is 6.42 Å². The normalized spacial score (nSPS) is 11.8. The van der Waals surface area contributed by atoms with Gasteiger partial charge in [-0.15, -0.1) is 0 Å². The Bertz CT molecular complexity index is 1450. The topological polar surface area (TPSA) is 9.23 Å². The molecule has 1 nitrogen and oxygen atoms in total. The van der Waals surface area contributed by atoms with Crippen LogP contribution in [0.2, 0.25) is 0 Å². The summed E-state index contributed by atoms with van der Waals surface area (Å²) in [4.78, 5) is 0. The van der Waals surface area contributed by atoms with Crippen LogP contribution >= 0.6 is 0 Å². The van der Waals surface area contributed by atoms with E-state index in [-0.39, 0.29) is 34.9 Å². The minimum absolute atomic E-state index is 0.125. The fourth-order valence-electron chi connectivity index (χ4n) is 3.88. The van der Waals surface area contributed by atoms with E-state index < -0.39 is 40.9 Å². The summed E-state index contributed by atoms with van der Waals surface area (Å²) in [5, 5.41) is 0. The molecule has 0 heterocycles. The number of benzene rings is 4. The van der Waals surface area contributed by atoms with Crippen molar-refractivity contribution < 1.29 is 35.5 Å². The van der Waals surface area contributed by atoms with Crippen molar-refractivity contribution in [1.82, 2.24) is 0 Å². The van der Waals surface area contributed by atoms with Gasteiger partial charge in [0.25, 0.3) is 0 Å². The van der Waals surface area contributed by atoms with Gasteiger partial charge in [0.2, 0.25) is 0 Å². The summed E-state index contributed by atoms with van der Waals surface area (Å²) in [5.41, 5.74) is 2.72. The summed E-state index contributed by atoms with van der Waals surface area (Å²) in [6.07, 6.45) is -1.26. The van der Waals surface area contributed by atoms with E-state index in [1.54, 1.807) is 6.07 Å². The van der Waals surface area contributed by atoms with Gasteiger partial charge in [0, 0.05) is 29.3 Å². The van der Waals surface area contributed by atoms with E-state index in [0.29, 0.717) is 11.6 Å². The zero-order chi connectivity index (χ0) is 27.4. The Labute approximate surface area is 214 Å². The Kier molecular flexibility index (Phi) is 7.90. The van der Waals surface area contributed by atoms with Crippen LogP contribution in [0.25, 0.3) is 28.3 Å². The number of aryl methyl sites for hydroxylation is 1. The van der Waals surface area contributed by atoms with Gasteiger partial charge >= 0.3 is 6.11 Å². The second kappa shape index (κ2) is 11.1. The molecule has 0 aliphatic heterocycles. The van der Waals surface area contributed by atoms with Crippen molar-refractivity contribution in [3.05, 3.63) is 119 Å². The third-order valence-electron chi connectivity index (χ3n) is 5.77. The summed E-state index contributed by atoms with van der Waals surface area (Å²) in [6.45, 7) is 2.08. The first-order valence-electron chi connectivity index (χ1n) is 11.7. The fraction of sp³-hybridized carbons (Fsp3) is 0.133. The molecule has 0 saturated heterocycles. The molecule has 0 aliphatic rings. The van der Waals surface area contributed by atoms with Crippen LogP contribution in [0.1, 0.15) is 24.5 Å². The summed E-state index contributed by atoms with van der Waals surface area (Å²) >= 11 is 0. The van der Waals surface area contributed by atoms with Crippen LogP contribution in [0.3, 0.4) is 0 Å². The van der Waals surface area contributed by atoms with Gasteiger partial charge < -0.3 is 4.74 Å². The van der Waals surface area contributed by atoms with Crippen LogP contribution in [-0.4, -0.2) is 6.11 Å². The quantitative estimate of drug-likeness (QED) is 0.163. The molecule has 0 aromatic heterocycles. The minimum Gasteiger partial charge on any atom is -0.429 e. The van der Waals surface area contributed by atoms with Gasteiger partial charge in [0.15, 0.2) is 17.5 Å². The fourth-order valence-corrected chi connectivity index (χ4v) is 3.88. The summed E-state index contributed by atoms with van der Waals surface area (Å²) in [7, 11) is 0. The van der Waals surface area contributed by atoms with Crippen LogP contribution in [0, 0.1) is 29.1 Å². The van der Waals surface area contributed by atoms with Crippen molar-refractivity contribution in [1.29, 1.82) is 0 Å². The number of ether oxygens (including phenoxy) is 1. The van der Waals surface area contributed by atoms with Crippen molar-refractivity contribution in [3.63, 3.8) is 0 Å². The molecule has 4 aromatic rings. The molecule has 0 aliphatic carbocycles. The van der Waals surface area contributed by atoms with Crippen molar-refractivity contribution in [3.8, 4) is 28.0 Å². The van der Waals surface area contributed by atoms with E-state index in [1.807, 2.05) is 24.3 Å². The Balaban J connectivity index is 1.51. The Morgan fingerprint density at radius 3 is 1.89 bits per heavy atom. The van der Waals surface area contributed by atoms with E-state index in [4.69, 9.17) is 0 Å². The van der Waals surface area contributed by atoms with E-state index >= 15 is 0 Å². The lowest BCUT2D eigenvalue weighted by atomic mass is 9.97. The molecule has 0 N–H and O–H groups in total. The van der Waals surface area contributed by atoms with Crippen molar-refractivity contribution >= 4 is 6.08 Å². The lowest BCUT2D eigenvalue weighted by Gasteiger charge is -2.14. The predicted octanol–water partition coefficient (Wildman–Crippen LogP) is 9.35. The number of halogens is 7.